The van der Waals surface area contributed by atoms with Crippen molar-refractivity contribution in [3.63, 3.8) is 0 Å². The Hall–Kier alpha value is -1.82. The summed E-state index contributed by atoms with van der Waals surface area (Å²) >= 11 is 0. The number of rotatable bonds is 4. The van der Waals surface area contributed by atoms with E-state index < -0.39 is 10.0 Å². The van der Waals surface area contributed by atoms with Gasteiger partial charge in [-0.25, -0.2) is 8.42 Å². The molecule has 6 heteroatoms. The van der Waals surface area contributed by atoms with Gasteiger partial charge in [-0.15, -0.1) is 0 Å². The Labute approximate surface area is 143 Å². The highest BCUT2D eigenvalue weighted by molar-refractivity contribution is 7.89. The van der Waals surface area contributed by atoms with E-state index in [-0.39, 0.29) is 22.4 Å². The summed E-state index contributed by atoms with van der Waals surface area (Å²) in [6.07, 6.45) is 1.45. The third-order valence-electron chi connectivity index (χ3n) is 4.43. The first-order valence-corrected chi connectivity index (χ1v) is 9.75. The minimum Gasteiger partial charge on any atom is -0.493 e. The van der Waals surface area contributed by atoms with Crippen LogP contribution in [0.25, 0.3) is 0 Å². The molecule has 0 radical (unpaired) electrons. The summed E-state index contributed by atoms with van der Waals surface area (Å²) in [4.78, 5) is 12.6. The Morgan fingerprint density at radius 3 is 2.50 bits per heavy atom. The van der Waals surface area contributed by atoms with Crippen LogP contribution in [-0.4, -0.2) is 31.2 Å². The Balaban J connectivity index is 2.09. The number of nitrogens with zero attached hydrogens (tertiary/aromatic N) is 1. The largest absolute Gasteiger partial charge is 0.493 e. The zero-order chi connectivity index (χ0) is 17.5. The molecular weight excluding hydrogens is 326 g/mol. The maximum atomic E-state index is 13.3. The van der Waals surface area contributed by atoms with Crippen molar-refractivity contribution < 1.29 is 17.9 Å². The first-order chi connectivity index (χ1) is 11.3. The summed E-state index contributed by atoms with van der Waals surface area (Å²) in [7, 11) is -3.79. The number of carbonyl (C=O) groups excluding carboxylic acids is 1. The molecule has 1 aliphatic heterocycles. The van der Waals surface area contributed by atoms with Gasteiger partial charge in [-0.3, -0.25) is 9.10 Å². The van der Waals surface area contributed by atoms with Gasteiger partial charge in [0.25, 0.3) is 10.0 Å². The molecule has 3 rings (SSSR count). The first kappa shape index (κ1) is 17.0. The van der Waals surface area contributed by atoms with E-state index in [0.29, 0.717) is 37.5 Å². The Morgan fingerprint density at radius 1 is 1.21 bits per heavy atom. The van der Waals surface area contributed by atoms with Gasteiger partial charge in [0.2, 0.25) is 0 Å². The van der Waals surface area contributed by atoms with Crippen molar-refractivity contribution in [2.45, 2.75) is 51.0 Å². The van der Waals surface area contributed by atoms with Crippen molar-refractivity contribution in [1.29, 1.82) is 0 Å². The van der Waals surface area contributed by atoms with Crippen molar-refractivity contribution in [1.82, 2.24) is 4.31 Å². The number of aryl methyl sites for hydroxylation is 1. The summed E-state index contributed by atoms with van der Waals surface area (Å²) in [5, 5.41) is 0. The number of ether oxygens (including phenoxy) is 1. The van der Waals surface area contributed by atoms with Crippen molar-refractivity contribution in [3.05, 3.63) is 41.3 Å². The van der Waals surface area contributed by atoms with Gasteiger partial charge < -0.3 is 4.74 Å². The molecule has 0 saturated carbocycles. The van der Waals surface area contributed by atoms with Gasteiger partial charge in [0, 0.05) is 12.8 Å². The predicted octanol–water partition coefficient (Wildman–Crippen LogP) is 3.01. The predicted molar refractivity (Wildman–Crippen MR) is 90.7 cm³/mol. The molecule has 1 heterocycles. The number of ketones is 1. The van der Waals surface area contributed by atoms with Crippen LogP contribution in [0.5, 0.6) is 0 Å². The van der Waals surface area contributed by atoms with Crippen LogP contribution in [0.2, 0.25) is 0 Å². The van der Waals surface area contributed by atoms with Crippen LogP contribution in [0.4, 0.5) is 0 Å². The molecule has 1 aliphatic carbocycles. The Kier molecular flexibility index (Phi) is 4.42. The van der Waals surface area contributed by atoms with Crippen LogP contribution in [0.1, 0.15) is 38.7 Å². The van der Waals surface area contributed by atoms with Crippen molar-refractivity contribution in [2.75, 3.05) is 6.61 Å². The van der Waals surface area contributed by atoms with E-state index >= 15 is 0 Å². The van der Waals surface area contributed by atoms with Gasteiger partial charge in [-0.05, 0) is 31.4 Å². The lowest BCUT2D eigenvalue weighted by Gasteiger charge is -2.37. The van der Waals surface area contributed by atoms with Gasteiger partial charge in [0.1, 0.15) is 18.1 Å². The number of hydrogen-bond acceptors (Lipinski definition) is 4. The number of hydrogen-bond donors (Lipinski definition) is 0. The zero-order valence-corrected chi connectivity index (χ0v) is 15.1. The topological polar surface area (TPSA) is 63.7 Å². The monoisotopic (exact) mass is 349 g/mol. The lowest BCUT2D eigenvalue weighted by Crippen LogP contribution is -2.47. The highest BCUT2D eigenvalue weighted by atomic mass is 32.2. The van der Waals surface area contributed by atoms with E-state index in [4.69, 9.17) is 4.74 Å². The molecule has 0 spiro atoms. The van der Waals surface area contributed by atoms with Gasteiger partial charge in [-0.2, -0.15) is 0 Å². The SMILES string of the molecule is Cc1ccc(S(=O)(=O)N2C3=C(CCC3=O)OC[C@@H]2CC(C)C)cc1. The fourth-order valence-corrected chi connectivity index (χ4v) is 4.99. The van der Waals surface area contributed by atoms with Crippen LogP contribution in [0.15, 0.2) is 40.6 Å². The Bertz CT molecular complexity index is 778. The second-order valence-electron chi connectivity index (χ2n) is 6.90. The quantitative estimate of drug-likeness (QED) is 0.838. The third-order valence-corrected chi connectivity index (χ3v) is 6.30. The molecule has 1 aromatic carbocycles. The molecule has 0 aromatic heterocycles. The van der Waals surface area contributed by atoms with Crippen molar-refractivity contribution >= 4 is 15.8 Å². The van der Waals surface area contributed by atoms with Gasteiger partial charge in [0.05, 0.1) is 10.9 Å². The van der Waals surface area contributed by atoms with E-state index in [9.17, 15) is 13.2 Å². The van der Waals surface area contributed by atoms with Gasteiger partial charge in [-0.1, -0.05) is 31.5 Å². The zero-order valence-electron chi connectivity index (χ0n) is 14.3. The molecule has 0 N–H and O–H groups in total. The summed E-state index contributed by atoms with van der Waals surface area (Å²) in [5.41, 5.74) is 1.24. The minimum absolute atomic E-state index is 0.144. The van der Waals surface area contributed by atoms with E-state index in [2.05, 4.69) is 0 Å². The highest BCUT2D eigenvalue weighted by Gasteiger charge is 2.44. The van der Waals surface area contributed by atoms with Crippen molar-refractivity contribution in [3.8, 4) is 0 Å². The molecule has 2 aliphatic rings. The van der Waals surface area contributed by atoms with Crippen LogP contribution in [-0.2, 0) is 19.6 Å². The van der Waals surface area contributed by atoms with Gasteiger partial charge >= 0.3 is 0 Å². The molecule has 1 atom stereocenters. The summed E-state index contributed by atoms with van der Waals surface area (Å²) in [5.74, 6) is 0.679. The fraction of sp³-hybridized carbons (Fsp3) is 0.500. The smallest absolute Gasteiger partial charge is 0.264 e. The van der Waals surface area contributed by atoms with Crippen LogP contribution >= 0.6 is 0 Å². The second-order valence-corrected chi connectivity index (χ2v) is 8.72. The molecule has 130 valence electrons. The Morgan fingerprint density at radius 2 is 1.88 bits per heavy atom. The minimum atomic E-state index is -3.79. The maximum Gasteiger partial charge on any atom is 0.264 e. The molecule has 1 aromatic rings. The number of sulfonamides is 1. The summed E-state index contributed by atoms with van der Waals surface area (Å²) < 4.78 is 33.6. The molecule has 5 nitrogen and oxygen atoms in total. The normalized spacial score (nSPS) is 21.2. The molecular formula is C18H23NO4S. The number of carbonyl (C=O) groups is 1. The molecule has 0 amide bonds. The van der Waals surface area contributed by atoms with Gasteiger partial charge in [0.15, 0.2) is 5.78 Å². The van der Waals surface area contributed by atoms with E-state index in [1.54, 1.807) is 24.3 Å². The highest BCUT2D eigenvalue weighted by Crippen LogP contribution is 2.37. The average Bonchev–Trinajstić information content (AvgIpc) is 2.88. The van der Waals surface area contributed by atoms with Crippen LogP contribution in [0, 0.1) is 12.8 Å². The lowest BCUT2D eigenvalue weighted by atomic mass is 10.0. The molecule has 0 saturated heterocycles. The fourth-order valence-electron chi connectivity index (χ4n) is 3.30. The molecule has 24 heavy (non-hydrogen) atoms. The molecule has 0 unspecified atom stereocenters. The van der Waals surface area contributed by atoms with E-state index in [0.717, 1.165) is 5.56 Å². The third kappa shape index (κ3) is 2.95. The van der Waals surface area contributed by atoms with E-state index in [1.807, 2.05) is 20.8 Å². The van der Waals surface area contributed by atoms with Crippen LogP contribution in [0.3, 0.4) is 0 Å². The average molecular weight is 349 g/mol. The number of benzene rings is 1. The maximum absolute atomic E-state index is 13.3. The number of allylic oxidation sites excluding steroid dienone is 2. The van der Waals surface area contributed by atoms with Crippen LogP contribution < -0.4 is 0 Å². The number of Topliss-reactive ketones (excluding diaryl/α,β-unsaturated/α-hetero) is 1. The van der Waals surface area contributed by atoms with E-state index in [1.165, 1.54) is 4.31 Å². The molecule has 0 fully saturated rings. The molecule has 0 bridgehead atoms. The first-order valence-electron chi connectivity index (χ1n) is 8.31. The second kappa shape index (κ2) is 6.24. The summed E-state index contributed by atoms with van der Waals surface area (Å²) in [6.45, 7) is 6.29. The summed E-state index contributed by atoms with van der Waals surface area (Å²) in [6, 6.07) is 6.41. The lowest BCUT2D eigenvalue weighted by molar-refractivity contribution is -0.116. The van der Waals surface area contributed by atoms with Crippen molar-refractivity contribution in [2.24, 2.45) is 5.92 Å². The standard InChI is InChI=1S/C18H23NO4S/c1-12(2)10-14-11-23-17-9-8-16(20)18(17)19(14)24(21,22)15-6-4-13(3)5-7-15/h4-7,12,14H,8-11H2,1-3H3/t14-/m0/s1.